The van der Waals surface area contributed by atoms with Crippen molar-refractivity contribution in [3.8, 4) is 44.5 Å². The summed E-state index contributed by atoms with van der Waals surface area (Å²) in [5, 5.41) is 2.44. The molecule has 0 fully saturated rings. The molecule has 0 aromatic heterocycles. The Morgan fingerprint density at radius 1 is 0.333 bits per heavy atom. The summed E-state index contributed by atoms with van der Waals surface area (Å²) < 4.78 is 4.24. The number of unbranched alkanes of at least 4 members (excludes halogenated alkanes) is 10. The number of hydrogen-bond donors (Lipinski definition) is 0. The Kier molecular flexibility index (Phi) is 15.7. The van der Waals surface area contributed by atoms with Crippen LogP contribution in [-0.4, -0.2) is 0 Å². The summed E-state index contributed by atoms with van der Waals surface area (Å²) in [5.41, 5.74) is 12.4. The third kappa shape index (κ3) is 10.7. The molecule has 0 saturated heterocycles. The molecule has 0 unspecified atom stereocenters. The fourth-order valence-corrected chi connectivity index (χ4v) is 10.1. The minimum Gasteiger partial charge on any atom is -0.0654 e. The van der Waals surface area contributed by atoms with Crippen LogP contribution < -0.4 is 0 Å². The second kappa shape index (κ2) is 20.6. The topological polar surface area (TPSA) is 0 Å². The number of hydrogen-bond acceptors (Lipinski definition) is 0. The van der Waals surface area contributed by atoms with E-state index in [-0.39, 0.29) is 0 Å². The lowest BCUT2D eigenvalue weighted by Crippen LogP contribution is -1.93. The van der Waals surface area contributed by atoms with Gasteiger partial charge in [0.2, 0.25) is 0 Å². The molecule has 0 heterocycles. The first kappa shape index (κ1) is 41.1. The average Bonchev–Trinajstić information content (AvgIpc) is 3.18. The molecule has 6 aromatic carbocycles. The summed E-state index contributed by atoms with van der Waals surface area (Å²) >= 11 is 15.8. The Morgan fingerprint density at radius 2 is 0.704 bits per heavy atom. The van der Waals surface area contributed by atoms with Gasteiger partial charge in [-0.05, 0) is 128 Å². The monoisotopic (exact) mass is 968 g/mol. The van der Waals surface area contributed by atoms with E-state index in [1.165, 1.54) is 121 Å². The Hall–Kier alpha value is -2.50. The highest BCUT2D eigenvalue weighted by atomic mass is 79.9. The molecule has 4 heteroatoms. The standard InChI is InChI=1S/C50H52Br4/c1-3-5-7-9-11-13-17-35-21-25-37(26-22-35)41-31-44(48(52)33-42(41)38-27-23-36(24-28-38)18-14-12-10-8-6-4-2)46-32-45(49(53)34-50(46)54)43-29-39-19-15-16-20-40(39)30-47(43)51/h15-16,19-34H,3-14,17-18H2,1-2H3. The SMILES string of the molecule is CCCCCCCCc1ccc(-c2cc(Br)c(-c3cc(-c4cc5ccccc5cc4Br)c(Br)cc3Br)cc2-c2ccc(CCCCCCCC)cc2)cc1. The molecule has 0 saturated carbocycles. The molecule has 0 nitrogen and oxygen atoms in total. The van der Waals surface area contributed by atoms with E-state index < -0.39 is 0 Å². The largest absolute Gasteiger partial charge is 0.0654 e. The summed E-state index contributed by atoms with van der Waals surface area (Å²) in [7, 11) is 0. The quantitative estimate of drug-likeness (QED) is 0.0753. The molecule has 0 spiro atoms. The van der Waals surface area contributed by atoms with Gasteiger partial charge >= 0.3 is 0 Å². The lowest BCUT2D eigenvalue weighted by atomic mass is 9.89. The maximum atomic E-state index is 4.06. The van der Waals surface area contributed by atoms with E-state index in [1.54, 1.807) is 0 Å². The van der Waals surface area contributed by atoms with Crippen LogP contribution in [0.4, 0.5) is 0 Å². The van der Waals surface area contributed by atoms with E-state index in [0.717, 1.165) is 53.0 Å². The van der Waals surface area contributed by atoms with Crippen LogP contribution in [0, 0.1) is 0 Å². The summed E-state index contributed by atoms with van der Waals surface area (Å²) in [4.78, 5) is 0. The zero-order valence-electron chi connectivity index (χ0n) is 31.8. The van der Waals surface area contributed by atoms with Crippen LogP contribution in [0.25, 0.3) is 55.3 Å². The summed E-state index contributed by atoms with van der Waals surface area (Å²) in [6.07, 6.45) is 18.2. The van der Waals surface area contributed by atoms with E-state index in [2.05, 4.69) is 187 Å². The van der Waals surface area contributed by atoms with Crippen LogP contribution in [0.5, 0.6) is 0 Å². The predicted molar refractivity (Wildman–Crippen MR) is 251 cm³/mol. The van der Waals surface area contributed by atoms with Gasteiger partial charge in [0, 0.05) is 17.9 Å². The number of aryl methyl sites for hydroxylation is 2. The molecular weight excluding hydrogens is 920 g/mol. The number of halogens is 4. The normalized spacial score (nSPS) is 11.4. The second-order valence-electron chi connectivity index (χ2n) is 14.8. The van der Waals surface area contributed by atoms with Crippen molar-refractivity contribution in [2.45, 2.75) is 104 Å². The van der Waals surface area contributed by atoms with Gasteiger partial charge in [-0.25, -0.2) is 0 Å². The lowest BCUT2D eigenvalue weighted by Gasteiger charge is -2.18. The number of rotatable bonds is 18. The summed E-state index contributed by atoms with van der Waals surface area (Å²) in [5.74, 6) is 0. The average molecular weight is 973 g/mol. The van der Waals surface area contributed by atoms with Crippen molar-refractivity contribution in [2.75, 3.05) is 0 Å². The van der Waals surface area contributed by atoms with Crippen molar-refractivity contribution in [1.29, 1.82) is 0 Å². The molecule has 0 N–H and O–H groups in total. The van der Waals surface area contributed by atoms with Gasteiger partial charge in [0.05, 0.1) is 0 Å². The number of benzene rings is 6. The highest BCUT2D eigenvalue weighted by Crippen LogP contribution is 2.46. The van der Waals surface area contributed by atoms with Crippen molar-refractivity contribution in [3.63, 3.8) is 0 Å². The van der Waals surface area contributed by atoms with Gasteiger partial charge in [-0.2, -0.15) is 0 Å². The van der Waals surface area contributed by atoms with E-state index in [1.807, 2.05) is 0 Å². The van der Waals surface area contributed by atoms with Crippen molar-refractivity contribution in [1.82, 2.24) is 0 Å². The molecule has 0 aliphatic carbocycles. The maximum absolute atomic E-state index is 4.06. The Bertz CT molecular complexity index is 2130. The van der Waals surface area contributed by atoms with E-state index in [0.29, 0.717) is 0 Å². The van der Waals surface area contributed by atoms with Crippen molar-refractivity contribution >= 4 is 74.5 Å². The Labute approximate surface area is 358 Å². The Morgan fingerprint density at radius 3 is 1.20 bits per heavy atom. The molecule has 6 rings (SSSR count). The molecule has 0 amide bonds. The van der Waals surface area contributed by atoms with E-state index >= 15 is 0 Å². The first-order valence-corrected chi connectivity index (χ1v) is 23.2. The van der Waals surface area contributed by atoms with E-state index in [9.17, 15) is 0 Å². The van der Waals surface area contributed by atoms with Crippen LogP contribution >= 0.6 is 63.7 Å². The first-order valence-electron chi connectivity index (χ1n) is 20.1. The third-order valence-corrected chi connectivity index (χ3v) is 13.4. The lowest BCUT2D eigenvalue weighted by molar-refractivity contribution is 0.607. The fraction of sp³-hybridized carbons (Fsp3) is 0.320. The maximum Gasteiger partial charge on any atom is 0.0265 e. The molecule has 280 valence electrons. The van der Waals surface area contributed by atoms with Gasteiger partial charge in [-0.15, -0.1) is 0 Å². The van der Waals surface area contributed by atoms with Gasteiger partial charge in [-0.1, -0.05) is 215 Å². The second-order valence-corrected chi connectivity index (χ2v) is 18.2. The summed E-state index contributed by atoms with van der Waals surface area (Å²) in [6, 6.07) is 41.0. The van der Waals surface area contributed by atoms with Crippen LogP contribution in [0.15, 0.2) is 127 Å². The van der Waals surface area contributed by atoms with Crippen molar-refractivity contribution < 1.29 is 0 Å². The van der Waals surface area contributed by atoms with Crippen molar-refractivity contribution in [3.05, 3.63) is 138 Å². The predicted octanol–water partition coefficient (Wildman–Crippen LogP) is 18.4. The fourth-order valence-electron chi connectivity index (χ4n) is 7.56. The molecule has 54 heavy (non-hydrogen) atoms. The Balaban J connectivity index is 1.36. The van der Waals surface area contributed by atoms with Gasteiger partial charge in [0.25, 0.3) is 0 Å². The van der Waals surface area contributed by atoms with Crippen LogP contribution in [0.1, 0.15) is 102 Å². The first-order chi connectivity index (χ1) is 26.4. The van der Waals surface area contributed by atoms with Gasteiger partial charge in [0.1, 0.15) is 0 Å². The molecular formula is C50H52Br4. The third-order valence-electron chi connectivity index (χ3n) is 10.7. The zero-order valence-corrected chi connectivity index (χ0v) is 38.1. The molecule has 0 aliphatic heterocycles. The number of fused-ring (bicyclic) bond motifs is 1. The van der Waals surface area contributed by atoms with Gasteiger partial charge in [0.15, 0.2) is 0 Å². The van der Waals surface area contributed by atoms with Gasteiger partial charge < -0.3 is 0 Å². The molecule has 0 radical (unpaired) electrons. The molecule has 0 atom stereocenters. The molecule has 6 aromatic rings. The minimum atomic E-state index is 1.04. The minimum absolute atomic E-state index is 1.04. The smallest absolute Gasteiger partial charge is 0.0265 e. The summed E-state index contributed by atoms with van der Waals surface area (Å²) in [6.45, 7) is 4.57. The van der Waals surface area contributed by atoms with Crippen LogP contribution in [-0.2, 0) is 12.8 Å². The van der Waals surface area contributed by atoms with Crippen LogP contribution in [0.2, 0.25) is 0 Å². The van der Waals surface area contributed by atoms with Crippen molar-refractivity contribution in [2.24, 2.45) is 0 Å². The van der Waals surface area contributed by atoms with Crippen LogP contribution in [0.3, 0.4) is 0 Å². The highest BCUT2D eigenvalue weighted by Gasteiger charge is 2.19. The molecule has 0 bridgehead atoms. The zero-order chi connectivity index (χ0) is 37.9. The van der Waals surface area contributed by atoms with Gasteiger partial charge in [-0.3, -0.25) is 0 Å². The molecule has 0 aliphatic rings. The highest BCUT2D eigenvalue weighted by molar-refractivity contribution is 9.11. The van der Waals surface area contributed by atoms with E-state index in [4.69, 9.17) is 0 Å².